The highest BCUT2D eigenvalue weighted by atomic mass is 19.1. The zero-order valence-electron chi connectivity index (χ0n) is 13.0. The fraction of sp³-hybridized carbons (Fsp3) is 0.588. The monoisotopic (exact) mass is 292 g/mol. The minimum absolute atomic E-state index is 0.135. The highest BCUT2D eigenvalue weighted by molar-refractivity contribution is 5.78. The molecule has 1 aliphatic heterocycles. The van der Waals surface area contributed by atoms with E-state index >= 15 is 0 Å². The Morgan fingerprint density at radius 1 is 1.43 bits per heavy atom. The number of hydrogen-bond donors (Lipinski definition) is 0. The van der Waals surface area contributed by atoms with Crippen molar-refractivity contribution in [2.24, 2.45) is 0 Å². The Kier molecular flexibility index (Phi) is 5.74. The predicted octanol–water partition coefficient (Wildman–Crippen LogP) is 3.05. The molecule has 1 fully saturated rings. The van der Waals surface area contributed by atoms with Crippen molar-refractivity contribution in [3.05, 3.63) is 35.6 Å². The van der Waals surface area contributed by atoms with Crippen LogP contribution in [0.25, 0.3) is 0 Å². The van der Waals surface area contributed by atoms with Crippen molar-refractivity contribution in [3.63, 3.8) is 0 Å². The number of amides is 1. The first kappa shape index (κ1) is 16.0. The number of hydrogen-bond acceptors (Lipinski definition) is 2. The molecule has 1 unspecified atom stereocenters. The second kappa shape index (κ2) is 7.55. The topological polar surface area (TPSA) is 23.6 Å². The largest absolute Gasteiger partial charge is 0.338 e. The lowest BCUT2D eigenvalue weighted by Crippen LogP contribution is -2.45. The summed E-state index contributed by atoms with van der Waals surface area (Å²) in [7, 11) is 0. The lowest BCUT2D eigenvalue weighted by atomic mass is 10.0. The van der Waals surface area contributed by atoms with Crippen LogP contribution >= 0.6 is 0 Å². The molecule has 1 amide bonds. The van der Waals surface area contributed by atoms with Gasteiger partial charge in [-0.15, -0.1) is 0 Å². The predicted molar refractivity (Wildman–Crippen MR) is 82.4 cm³/mol. The molecule has 1 aliphatic rings. The number of likely N-dealkylation sites (N-methyl/N-ethyl adjacent to an activating group) is 1. The number of piperidine rings is 1. The minimum Gasteiger partial charge on any atom is -0.338 e. The van der Waals surface area contributed by atoms with Crippen LogP contribution in [0.3, 0.4) is 0 Å². The van der Waals surface area contributed by atoms with E-state index in [1.807, 2.05) is 13.0 Å². The van der Waals surface area contributed by atoms with Crippen molar-refractivity contribution < 1.29 is 9.18 Å². The summed E-state index contributed by atoms with van der Waals surface area (Å²) in [5.74, 6) is -0.115. The van der Waals surface area contributed by atoms with Gasteiger partial charge in [-0.05, 0) is 50.9 Å². The van der Waals surface area contributed by atoms with E-state index in [-0.39, 0.29) is 11.7 Å². The molecule has 1 saturated heterocycles. The van der Waals surface area contributed by atoms with Crippen LogP contribution in [0.1, 0.15) is 38.7 Å². The van der Waals surface area contributed by atoms with Crippen molar-refractivity contribution in [3.8, 4) is 0 Å². The molecule has 1 heterocycles. The summed E-state index contributed by atoms with van der Waals surface area (Å²) in [6.07, 6.45) is 3.60. The van der Waals surface area contributed by atoms with Gasteiger partial charge in [0.15, 0.2) is 0 Å². The molecule has 0 N–H and O–H groups in total. The molecular formula is C17H25FN2O. The molecule has 0 bridgehead atoms. The maximum atomic E-state index is 13.2. The van der Waals surface area contributed by atoms with Gasteiger partial charge in [-0.25, -0.2) is 4.39 Å². The lowest BCUT2D eigenvalue weighted by molar-refractivity contribution is -0.133. The van der Waals surface area contributed by atoms with Crippen LogP contribution in [0, 0.1) is 5.82 Å². The van der Waals surface area contributed by atoms with Crippen LogP contribution in [-0.2, 0) is 11.3 Å². The average molecular weight is 292 g/mol. The second-order valence-corrected chi connectivity index (χ2v) is 5.85. The molecule has 1 aromatic rings. The molecule has 3 nitrogen and oxygen atoms in total. The molecule has 0 aliphatic carbocycles. The third-order valence-electron chi connectivity index (χ3n) is 4.28. The summed E-state index contributed by atoms with van der Waals surface area (Å²) < 4.78 is 13.2. The maximum Gasteiger partial charge on any atom is 0.237 e. The first-order chi connectivity index (χ1) is 10.1. The molecule has 0 radical (unpaired) electrons. The van der Waals surface area contributed by atoms with Crippen LogP contribution < -0.4 is 0 Å². The van der Waals surface area contributed by atoms with Crippen molar-refractivity contribution in [1.82, 2.24) is 9.80 Å². The number of nitrogens with zero attached hydrogens (tertiary/aromatic N) is 2. The van der Waals surface area contributed by atoms with Gasteiger partial charge in [-0.3, -0.25) is 9.69 Å². The molecular weight excluding hydrogens is 267 g/mol. The first-order valence-corrected chi connectivity index (χ1v) is 7.86. The number of benzene rings is 1. The molecule has 4 heteroatoms. The van der Waals surface area contributed by atoms with Crippen molar-refractivity contribution in [1.29, 1.82) is 0 Å². The molecule has 0 saturated carbocycles. The number of rotatable bonds is 5. The van der Waals surface area contributed by atoms with E-state index in [1.165, 1.54) is 31.4 Å². The quantitative estimate of drug-likeness (QED) is 0.833. The number of halogens is 1. The van der Waals surface area contributed by atoms with E-state index in [9.17, 15) is 9.18 Å². The number of likely N-dealkylation sites (tertiary alicyclic amines) is 1. The standard InChI is InChI=1S/C17H25FN2O/c1-3-19(12-15-8-6-9-16(18)11-15)17(21)13-20-10-5-4-7-14(20)2/h6,8-9,11,14H,3-5,7,10,12-13H2,1-2H3. The zero-order chi connectivity index (χ0) is 15.2. The normalized spacial score (nSPS) is 19.5. The summed E-state index contributed by atoms with van der Waals surface area (Å²) in [6.45, 7) is 6.77. The minimum atomic E-state index is -0.249. The summed E-state index contributed by atoms with van der Waals surface area (Å²) in [6, 6.07) is 6.96. The molecule has 1 aromatic carbocycles. The second-order valence-electron chi connectivity index (χ2n) is 5.85. The van der Waals surface area contributed by atoms with Crippen molar-refractivity contribution in [2.45, 2.75) is 45.7 Å². The molecule has 116 valence electrons. The van der Waals surface area contributed by atoms with E-state index in [2.05, 4.69) is 11.8 Å². The Morgan fingerprint density at radius 2 is 2.24 bits per heavy atom. The summed E-state index contributed by atoms with van der Waals surface area (Å²) >= 11 is 0. The summed E-state index contributed by atoms with van der Waals surface area (Å²) in [5.41, 5.74) is 0.844. The number of carbonyl (C=O) groups is 1. The number of carbonyl (C=O) groups excluding carboxylic acids is 1. The van der Waals surface area contributed by atoms with Crippen LogP contribution in [0.2, 0.25) is 0 Å². The van der Waals surface area contributed by atoms with E-state index in [0.717, 1.165) is 12.1 Å². The lowest BCUT2D eigenvalue weighted by Gasteiger charge is -2.34. The Balaban J connectivity index is 1.95. The SMILES string of the molecule is CCN(Cc1cccc(F)c1)C(=O)CN1CCCCC1C. The highest BCUT2D eigenvalue weighted by Gasteiger charge is 2.22. The molecule has 0 spiro atoms. The van der Waals surface area contributed by atoms with Gasteiger partial charge in [-0.1, -0.05) is 18.6 Å². The average Bonchev–Trinajstić information content (AvgIpc) is 2.47. The van der Waals surface area contributed by atoms with Crippen LogP contribution in [-0.4, -0.2) is 41.4 Å². The molecule has 1 atom stereocenters. The van der Waals surface area contributed by atoms with Gasteiger partial charge in [0.2, 0.25) is 5.91 Å². The highest BCUT2D eigenvalue weighted by Crippen LogP contribution is 2.16. The van der Waals surface area contributed by atoms with E-state index in [0.29, 0.717) is 25.7 Å². The zero-order valence-corrected chi connectivity index (χ0v) is 13.0. The van der Waals surface area contributed by atoms with Gasteiger partial charge in [0.05, 0.1) is 6.54 Å². The summed E-state index contributed by atoms with van der Waals surface area (Å²) in [4.78, 5) is 16.5. The molecule has 2 rings (SSSR count). The maximum absolute atomic E-state index is 13.2. The van der Waals surface area contributed by atoms with Crippen LogP contribution in [0.5, 0.6) is 0 Å². The Morgan fingerprint density at radius 3 is 2.90 bits per heavy atom. The van der Waals surface area contributed by atoms with Gasteiger partial charge in [0, 0.05) is 19.1 Å². The molecule has 0 aromatic heterocycles. The smallest absolute Gasteiger partial charge is 0.237 e. The Labute approximate surface area is 126 Å². The van der Waals surface area contributed by atoms with E-state index in [1.54, 1.807) is 11.0 Å². The Bertz CT molecular complexity index is 478. The van der Waals surface area contributed by atoms with Crippen LogP contribution in [0.15, 0.2) is 24.3 Å². The van der Waals surface area contributed by atoms with Crippen molar-refractivity contribution in [2.75, 3.05) is 19.6 Å². The van der Waals surface area contributed by atoms with Gasteiger partial charge in [0.1, 0.15) is 5.82 Å². The van der Waals surface area contributed by atoms with E-state index < -0.39 is 0 Å². The third kappa shape index (κ3) is 4.53. The van der Waals surface area contributed by atoms with Gasteiger partial charge >= 0.3 is 0 Å². The fourth-order valence-electron chi connectivity index (χ4n) is 2.90. The molecule has 21 heavy (non-hydrogen) atoms. The van der Waals surface area contributed by atoms with Gasteiger partial charge in [0.25, 0.3) is 0 Å². The van der Waals surface area contributed by atoms with Crippen molar-refractivity contribution >= 4 is 5.91 Å². The fourth-order valence-corrected chi connectivity index (χ4v) is 2.90. The van der Waals surface area contributed by atoms with Crippen LogP contribution in [0.4, 0.5) is 4.39 Å². The van der Waals surface area contributed by atoms with Gasteiger partial charge < -0.3 is 4.90 Å². The van der Waals surface area contributed by atoms with E-state index in [4.69, 9.17) is 0 Å². The summed E-state index contributed by atoms with van der Waals surface area (Å²) in [5, 5.41) is 0. The third-order valence-corrected chi connectivity index (χ3v) is 4.28. The Hall–Kier alpha value is -1.42. The van der Waals surface area contributed by atoms with Gasteiger partial charge in [-0.2, -0.15) is 0 Å². The first-order valence-electron chi connectivity index (χ1n) is 7.86.